The first-order chi connectivity index (χ1) is 7.75. The van der Waals surface area contributed by atoms with E-state index in [9.17, 15) is 4.79 Å². The lowest BCUT2D eigenvalue weighted by Crippen LogP contribution is -2.28. The SMILES string of the molecule is Cc1nc(C(=O)NCCn2ccnn2)n[nH]1. The minimum Gasteiger partial charge on any atom is -0.347 e. The lowest BCUT2D eigenvalue weighted by atomic mass is 10.5. The minimum atomic E-state index is -0.301. The van der Waals surface area contributed by atoms with Crippen LogP contribution >= 0.6 is 0 Å². The van der Waals surface area contributed by atoms with E-state index in [-0.39, 0.29) is 11.7 Å². The standard InChI is InChI=1S/C8H11N7O/c1-6-11-7(13-12-6)8(16)9-2-4-15-5-3-10-14-15/h3,5H,2,4H2,1H3,(H,9,16)(H,11,12,13). The molecule has 8 heteroatoms. The molecule has 0 aliphatic heterocycles. The predicted molar refractivity (Wildman–Crippen MR) is 53.5 cm³/mol. The van der Waals surface area contributed by atoms with E-state index in [2.05, 4.69) is 30.8 Å². The van der Waals surface area contributed by atoms with E-state index in [1.807, 2.05) is 0 Å². The number of aromatic amines is 1. The second-order valence-corrected chi connectivity index (χ2v) is 3.17. The number of amides is 1. The largest absolute Gasteiger partial charge is 0.347 e. The summed E-state index contributed by atoms with van der Waals surface area (Å²) in [5.74, 6) is 0.460. The molecule has 0 fully saturated rings. The Morgan fingerprint density at radius 1 is 1.62 bits per heavy atom. The van der Waals surface area contributed by atoms with Crippen LogP contribution in [0.5, 0.6) is 0 Å². The molecule has 0 saturated carbocycles. The van der Waals surface area contributed by atoms with Crippen molar-refractivity contribution in [3.05, 3.63) is 24.0 Å². The molecule has 2 aromatic heterocycles. The van der Waals surface area contributed by atoms with Gasteiger partial charge in [-0.1, -0.05) is 5.21 Å². The molecule has 2 aromatic rings. The lowest BCUT2D eigenvalue weighted by molar-refractivity contribution is 0.0942. The molecule has 0 radical (unpaired) electrons. The number of hydrogen-bond donors (Lipinski definition) is 2. The zero-order chi connectivity index (χ0) is 11.4. The van der Waals surface area contributed by atoms with E-state index in [0.29, 0.717) is 18.9 Å². The first-order valence-corrected chi connectivity index (χ1v) is 4.77. The molecule has 0 unspecified atom stereocenters. The average Bonchev–Trinajstić information content (AvgIpc) is 2.89. The Morgan fingerprint density at radius 2 is 2.50 bits per heavy atom. The highest BCUT2D eigenvalue weighted by Crippen LogP contribution is 1.90. The number of aromatic nitrogens is 6. The van der Waals surface area contributed by atoms with Gasteiger partial charge in [0.1, 0.15) is 5.82 Å². The molecule has 8 nitrogen and oxygen atoms in total. The molecule has 16 heavy (non-hydrogen) atoms. The predicted octanol–water partition coefficient (Wildman–Crippen LogP) is -0.865. The molecule has 2 N–H and O–H groups in total. The maximum Gasteiger partial charge on any atom is 0.291 e. The number of H-pyrrole nitrogens is 1. The van der Waals surface area contributed by atoms with Crippen molar-refractivity contribution in [1.29, 1.82) is 0 Å². The topological polar surface area (TPSA) is 101 Å². The third-order valence-corrected chi connectivity index (χ3v) is 1.90. The average molecular weight is 221 g/mol. The van der Waals surface area contributed by atoms with Crippen molar-refractivity contribution in [3.63, 3.8) is 0 Å². The van der Waals surface area contributed by atoms with Gasteiger partial charge in [-0.25, -0.2) is 4.98 Å². The third kappa shape index (κ3) is 2.41. The Bertz CT molecular complexity index is 460. The Hall–Kier alpha value is -2.25. The summed E-state index contributed by atoms with van der Waals surface area (Å²) in [7, 11) is 0. The van der Waals surface area contributed by atoms with Gasteiger partial charge in [-0.05, 0) is 6.92 Å². The number of carbonyl (C=O) groups excluding carboxylic acids is 1. The van der Waals surface area contributed by atoms with Crippen molar-refractivity contribution in [2.45, 2.75) is 13.5 Å². The molecule has 0 aromatic carbocycles. The summed E-state index contributed by atoms with van der Waals surface area (Å²) in [5.41, 5.74) is 0. The van der Waals surface area contributed by atoms with Crippen LogP contribution in [-0.4, -0.2) is 42.6 Å². The number of rotatable bonds is 4. The van der Waals surface area contributed by atoms with Crippen molar-refractivity contribution >= 4 is 5.91 Å². The lowest BCUT2D eigenvalue weighted by Gasteiger charge is -2.01. The van der Waals surface area contributed by atoms with Crippen LogP contribution in [0.25, 0.3) is 0 Å². The molecule has 0 aliphatic rings. The smallest absolute Gasteiger partial charge is 0.291 e. The van der Waals surface area contributed by atoms with Gasteiger partial charge in [-0.3, -0.25) is 14.6 Å². The van der Waals surface area contributed by atoms with Gasteiger partial charge in [0.05, 0.1) is 12.7 Å². The highest BCUT2D eigenvalue weighted by molar-refractivity contribution is 5.90. The monoisotopic (exact) mass is 221 g/mol. The molecule has 1 amide bonds. The van der Waals surface area contributed by atoms with Crippen LogP contribution in [0.4, 0.5) is 0 Å². The fourth-order valence-corrected chi connectivity index (χ4v) is 1.16. The number of aryl methyl sites for hydroxylation is 1. The van der Waals surface area contributed by atoms with Crippen LogP contribution in [-0.2, 0) is 6.54 Å². The van der Waals surface area contributed by atoms with Gasteiger partial charge in [-0.2, -0.15) is 0 Å². The maximum atomic E-state index is 11.5. The molecular weight excluding hydrogens is 210 g/mol. The fourth-order valence-electron chi connectivity index (χ4n) is 1.16. The molecule has 0 aliphatic carbocycles. The van der Waals surface area contributed by atoms with Gasteiger partial charge in [0, 0.05) is 12.7 Å². The highest BCUT2D eigenvalue weighted by atomic mass is 16.2. The molecule has 0 bridgehead atoms. The summed E-state index contributed by atoms with van der Waals surface area (Å²) in [4.78, 5) is 15.4. The van der Waals surface area contributed by atoms with E-state index in [1.165, 1.54) is 0 Å². The van der Waals surface area contributed by atoms with Gasteiger partial charge in [0.25, 0.3) is 5.91 Å². The summed E-state index contributed by atoms with van der Waals surface area (Å²) in [6, 6.07) is 0. The van der Waals surface area contributed by atoms with Gasteiger partial charge in [0.15, 0.2) is 0 Å². The summed E-state index contributed by atoms with van der Waals surface area (Å²) in [6.45, 7) is 2.75. The zero-order valence-electron chi connectivity index (χ0n) is 8.71. The van der Waals surface area contributed by atoms with Crippen LogP contribution < -0.4 is 5.32 Å². The van der Waals surface area contributed by atoms with Gasteiger partial charge < -0.3 is 5.32 Å². The molecule has 0 spiro atoms. The summed E-state index contributed by atoms with van der Waals surface area (Å²) in [6.07, 6.45) is 3.31. The summed E-state index contributed by atoms with van der Waals surface area (Å²) < 4.78 is 1.63. The molecule has 84 valence electrons. The number of nitrogens with zero attached hydrogens (tertiary/aromatic N) is 5. The quantitative estimate of drug-likeness (QED) is 0.699. The molecule has 2 heterocycles. The Morgan fingerprint density at radius 3 is 3.12 bits per heavy atom. The van der Waals surface area contributed by atoms with Crippen molar-refractivity contribution < 1.29 is 4.79 Å². The number of hydrogen-bond acceptors (Lipinski definition) is 5. The first-order valence-electron chi connectivity index (χ1n) is 4.77. The van der Waals surface area contributed by atoms with Crippen molar-refractivity contribution in [2.24, 2.45) is 0 Å². The third-order valence-electron chi connectivity index (χ3n) is 1.90. The van der Waals surface area contributed by atoms with Gasteiger partial charge in [0.2, 0.25) is 5.82 Å². The molecule has 2 rings (SSSR count). The second-order valence-electron chi connectivity index (χ2n) is 3.17. The maximum absolute atomic E-state index is 11.5. The fraction of sp³-hybridized carbons (Fsp3) is 0.375. The van der Waals surface area contributed by atoms with Crippen LogP contribution in [0.1, 0.15) is 16.4 Å². The van der Waals surface area contributed by atoms with Gasteiger partial charge >= 0.3 is 0 Å². The van der Waals surface area contributed by atoms with Gasteiger partial charge in [-0.15, -0.1) is 10.2 Å². The Kier molecular flexibility index (Phi) is 2.90. The van der Waals surface area contributed by atoms with Crippen LogP contribution in [0.3, 0.4) is 0 Å². The minimum absolute atomic E-state index is 0.149. The Balaban J connectivity index is 1.80. The van der Waals surface area contributed by atoms with E-state index < -0.39 is 0 Å². The number of nitrogens with one attached hydrogen (secondary N) is 2. The number of carbonyl (C=O) groups is 1. The van der Waals surface area contributed by atoms with Crippen LogP contribution in [0.2, 0.25) is 0 Å². The van der Waals surface area contributed by atoms with E-state index >= 15 is 0 Å². The first kappa shape index (κ1) is 10.3. The second kappa shape index (κ2) is 4.51. The normalized spacial score (nSPS) is 10.3. The van der Waals surface area contributed by atoms with E-state index in [1.54, 1.807) is 24.0 Å². The van der Waals surface area contributed by atoms with E-state index in [0.717, 1.165) is 0 Å². The van der Waals surface area contributed by atoms with Crippen molar-refractivity contribution in [3.8, 4) is 0 Å². The Labute approximate surface area is 91.1 Å². The summed E-state index contributed by atoms with van der Waals surface area (Å²) in [5, 5.41) is 16.5. The van der Waals surface area contributed by atoms with Crippen LogP contribution in [0.15, 0.2) is 12.4 Å². The molecule has 0 atom stereocenters. The summed E-state index contributed by atoms with van der Waals surface area (Å²) >= 11 is 0. The molecular formula is C8H11N7O. The van der Waals surface area contributed by atoms with Crippen molar-refractivity contribution in [1.82, 2.24) is 35.5 Å². The van der Waals surface area contributed by atoms with E-state index in [4.69, 9.17) is 0 Å². The zero-order valence-corrected chi connectivity index (χ0v) is 8.71. The van der Waals surface area contributed by atoms with Crippen LogP contribution in [0, 0.1) is 6.92 Å². The highest BCUT2D eigenvalue weighted by Gasteiger charge is 2.09. The van der Waals surface area contributed by atoms with Crippen molar-refractivity contribution in [2.75, 3.05) is 6.54 Å². The molecule has 0 saturated heterocycles.